The Morgan fingerprint density at radius 1 is 0.977 bits per heavy atom. The zero-order chi connectivity index (χ0) is 29.9. The van der Waals surface area contributed by atoms with Gasteiger partial charge in [-0.05, 0) is 74.9 Å². The van der Waals surface area contributed by atoms with Crippen molar-refractivity contribution in [2.45, 2.75) is 52.1 Å². The normalized spacial score (nSPS) is 18.0. The van der Waals surface area contributed by atoms with Crippen LogP contribution in [0.3, 0.4) is 0 Å². The number of fused-ring (bicyclic) bond motifs is 2. The molecule has 4 heterocycles. The summed E-state index contributed by atoms with van der Waals surface area (Å²) in [6.45, 7) is 15.3. The molecular formula is C35H44N6O2. The summed E-state index contributed by atoms with van der Waals surface area (Å²) in [5, 5.41) is 5.82. The van der Waals surface area contributed by atoms with Gasteiger partial charge in [-0.1, -0.05) is 43.8 Å². The van der Waals surface area contributed by atoms with Gasteiger partial charge < -0.3 is 24.9 Å². The Morgan fingerprint density at radius 3 is 2.44 bits per heavy atom. The maximum atomic E-state index is 13.8. The lowest BCUT2D eigenvalue weighted by molar-refractivity contribution is -0.126. The summed E-state index contributed by atoms with van der Waals surface area (Å²) in [5.74, 6) is -0.130. The summed E-state index contributed by atoms with van der Waals surface area (Å²) >= 11 is 0. The van der Waals surface area contributed by atoms with Gasteiger partial charge in [0.15, 0.2) is 0 Å². The predicted molar refractivity (Wildman–Crippen MR) is 174 cm³/mol. The zero-order valence-electron chi connectivity index (χ0n) is 25.6. The Labute approximate surface area is 255 Å². The number of carbonyl (C=O) groups is 2. The number of benzene rings is 2. The second-order valence-electron chi connectivity index (χ2n) is 12.2. The van der Waals surface area contributed by atoms with Crippen molar-refractivity contribution in [3.8, 4) is 0 Å². The fourth-order valence-electron chi connectivity index (χ4n) is 7.00. The van der Waals surface area contributed by atoms with Gasteiger partial charge in [0.2, 0.25) is 5.91 Å². The number of rotatable bonds is 8. The molecule has 8 heteroatoms. The third-order valence-electron chi connectivity index (χ3n) is 9.44. The minimum absolute atomic E-state index is 0.0268. The van der Waals surface area contributed by atoms with Crippen molar-refractivity contribution in [3.05, 3.63) is 77.6 Å². The van der Waals surface area contributed by atoms with E-state index in [1.165, 1.54) is 46.5 Å². The van der Waals surface area contributed by atoms with Crippen LogP contribution in [0.15, 0.2) is 55.1 Å². The lowest BCUT2D eigenvalue weighted by atomic mass is 9.97. The maximum Gasteiger partial charge on any atom is 0.270 e. The smallest absolute Gasteiger partial charge is 0.270 e. The molecule has 3 aliphatic heterocycles. The van der Waals surface area contributed by atoms with Crippen molar-refractivity contribution in [1.82, 2.24) is 20.1 Å². The van der Waals surface area contributed by atoms with Crippen LogP contribution in [0.25, 0.3) is 10.8 Å². The first kappa shape index (κ1) is 29.2. The van der Waals surface area contributed by atoms with Crippen LogP contribution in [0.1, 0.15) is 53.5 Å². The van der Waals surface area contributed by atoms with Crippen molar-refractivity contribution in [2.24, 2.45) is 0 Å². The number of anilines is 2. The molecule has 3 aromatic rings. The number of hydrogen-bond acceptors (Lipinski definition) is 6. The Balaban J connectivity index is 1.31. The largest absolute Gasteiger partial charge is 0.368 e. The second-order valence-corrected chi connectivity index (χ2v) is 12.2. The minimum Gasteiger partial charge on any atom is -0.368 e. The first-order chi connectivity index (χ1) is 20.9. The van der Waals surface area contributed by atoms with E-state index in [0.29, 0.717) is 25.3 Å². The van der Waals surface area contributed by atoms with Crippen LogP contribution in [-0.4, -0.2) is 85.0 Å². The number of hydrogen-bond donors (Lipinski definition) is 1. The molecule has 226 valence electrons. The molecule has 1 aromatic heterocycles. The molecule has 8 nitrogen and oxygen atoms in total. The molecule has 0 spiro atoms. The van der Waals surface area contributed by atoms with Crippen molar-refractivity contribution in [3.63, 3.8) is 0 Å². The number of carbonyl (C=O) groups excluding carboxylic acids is 2. The van der Waals surface area contributed by atoms with Gasteiger partial charge in [-0.25, -0.2) is 4.98 Å². The molecule has 3 aliphatic rings. The van der Waals surface area contributed by atoms with E-state index in [0.717, 1.165) is 63.5 Å². The number of amides is 2. The van der Waals surface area contributed by atoms with Crippen molar-refractivity contribution < 1.29 is 9.59 Å². The molecular weight excluding hydrogens is 536 g/mol. The fourth-order valence-corrected chi connectivity index (χ4v) is 7.00. The van der Waals surface area contributed by atoms with Crippen molar-refractivity contribution >= 4 is 34.0 Å². The summed E-state index contributed by atoms with van der Waals surface area (Å²) in [7, 11) is 0. The molecule has 1 atom stereocenters. The number of nitrogens with zero attached hydrogens (tertiary/aromatic N) is 5. The highest BCUT2D eigenvalue weighted by Crippen LogP contribution is 2.35. The summed E-state index contributed by atoms with van der Waals surface area (Å²) in [5.41, 5.74) is 6.23. The van der Waals surface area contributed by atoms with Crippen LogP contribution >= 0.6 is 0 Å². The lowest BCUT2D eigenvalue weighted by Crippen LogP contribution is -2.49. The van der Waals surface area contributed by atoms with Crippen LogP contribution < -0.4 is 15.1 Å². The van der Waals surface area contributed by atoms with Crippen LogP contribution in [0.2, 0.25) is 0 Å². The molecule has 0 unspecified atom stereocenters. The van der Waals surface area contributed by atoms with Gasteiger partial charge >= 0.3 is 0 Å². The number of pyridine rings is 1. The average molecular weight is 581 g/mol. The van der Waals surface area contributed by atoms with E-state index in [-0.39, 0.29) is 17.9 Å². The van der Waals surface area contributed by atoms with Crippen molar-refractivity contribution in [1.29, 1.82) is 0 Å². The minimum atomic E-state index is -0.103. The molecule has 2 aromatic carbocycles. The number of nitrogens with one attached hydrogen (secondary N) is 1. The van der Waals surface area contributed by atoms with Gasteiger partial charge in [0.05, 0.1) is 12.2 Å². The molecule has 0 radical (unpaired) electrons. The molecule has 2 fully saturated rings. The SMILES string of the molecule is C=CC(=O)N1CCN(c2cc(C(=O)N[C@H](CC)CN3CCCC3)nc3c2CCN(c2cccc4cccc(C)c24)C3)CC1. The zero-order valence-corrected chi connectivity index (χ0v) is 25.6. The summed E-state index contributed by atoms with van der Waals surface area (Å²) < 4.78 is 0. The number of likely N-dealkylation sites (tertiary alicyclic amines) is 1. The number of aryl methyl sites for hydroxylation is 1. The third-order valence-corrected chi connectivity index (χ3v) is 9.44. The topological polar surface area (TPSA) is 72.0 Å². The standard InChI is InChI=1S/C35H44N6O2/c1-4-27(23-38-15-6-7-16-38)36-35(43)29-22-32(39-18-20-40(21-19-39)33(42)5-2)28-14-17-41(24-30(28)37-29)31-13-9-12-26-11-8-10-25(3)34(26)31/h5,8-13,22,27H,2,4,6-7,14-21,23-24H2,1,3H3,(H,36,43)/t27-/m1/s1. The molecule has 0 aliphatic carbocycles. The van der Waals surface area contributed by atoms with Crippen LogP contribution in [-0.2, 0) is 17.8 Å². The van der Waals surface area contributed by atoms with E-state index in [2.05, 4.69) is 76.8 Å². The monoisotopic (exact) mass is 580 g/mol. The van der Waals surface area contributed by atoms with Crippen molar-refractivity contribution in [2.75, 3.05) is 62.2 Å². The first-order valence-corrected chi connectivity index (χ1v) is 15.9. The highest BCUT2D eigenvalue weighted by atomic mass is 16.2. The van der Waals surface area contributed by atoms with E-state index in [1.807, 2.05) is 11.0 Å². The van der Waals surface area contributed by atoms with E-state index in [9.17, 15) is 9.59 Å². The van der Waals surface area contributed by atoms with Gasteiger partial charge in [0.1, 0.15) is 5.69 Å². The number of piperazine rings is 1. The highest BCUT2D eigenvalue weighted by molar-refractivity contribution is 5.97. The van der Waals surface area contributed by atoms with E-state index in [1.54, 1.807) is 0 Å². The van der Waals surface area contributed by atoms with Gasteiger partial charge in [-0.2, -0.15) is 0 Å². The predicted octanol–water partition coefficient (Wildman–Crippen LogP) is 4.54. The summed E-state index contributed by atoms with van der Waals surface area (Å²) in [6.07, 6.45) is 5.59. The Bertz CT molecular complexity index is 1500. The van der Waals surface area contributed by atoms with Gasteiger partial charge in [0.25, 0.3) is 5.91 Å². The van der Waals surface area contributed by atoms with E-state index < -0.39 is 0 Å². The molecule has 6 rings (SSSR count). The third kappa shape index (κ3) is 6.11. The van der Waals surface area contributed by atoms with Crippen LogP contribution in [0.5, 0.6) is 0 Å². The molecule has 2 amide bonds. The van der Waals surface area contributed by atoms with Crippen LogP contribution in [0, 0.1) is 6.92 Å². The van der Waals surface area contributed by atoms with E-state index >= 15 is 0 Å². The Kier molecular flexibility index (Phi) is 8.66. The maximum absolute atomic E-state index is 13.8. The molecule has 2 saturated heterocycles. The average Bonchev–Trinajstić information content (AvgIpc) is 3.56. The second kappa shape index (κ2) is 12.8. The summed E-state index contributed by atoms with van der Waals surface area (Å²) in [6, 6.07) is 15.1. The molecule has 43 heavy (non-hydrogen) atoms. The molecule has 0 saturated carbocycles. The lowest BCUT2D eigenvalue weighted by Gasteiger charge is -2.39. The Hall–Kier alpha value is -3.91. The summed E-state index contributed by atoms with van der Waals surface area (Å²) in [4.78, 5) is 40.1. The molecule has 0 bridgehead atoms. The van der Waals surface area contributed by atoms with Gasteiger partial charge in [0, 0.05) is 67.6 Å². The van der Waals surface area contributed by atoms with Gasteiger partial charge in [-0.15, -0.1) is 0 Å². The first-order valence-electron chi connectivity index (χ1n) is 15.9. The quantitative estimate of drug-likeness (QED) is 0.395. The van der Waals surface area contributed by atoms with Crippen LogP contribution in [0.4, 0.5) is 11.4 Å². The van der Waals surface area contributed by atoms with E-state index in [4.69, 9.17) is 4.98 Å². The number of aromatic nitrogens is 1. The van der Waals surface area contributed by atoms with Gasteiger partial charge in [-0.3, -0.25) is 9.59 Å². The Morgan fingerprint density at radius 2 is 1.72 bits per heavy atom. The fraction of sp³-hybridized carbons (Fsp3) is 0.457. The highest BCUT2D eigenvalue weighted by Gasteiger charge is 2.29. The molecule has 1 N–H and O–H groups in total.